The number of nitrogens with zero attached hydrogens (tertiary/aromatic N) is 1. The molecule has 21 heavy (non-hydrogen) atoms. The van der Waals surface area contributed by atoms with E-state index in [1.54, 1.807) is 11.3 Å². The normalized spacial score (nSPS) is 10.6. The van der Waals surface area contributed by atoms with Crippen molar-refractivity contribution in [3.8, 4) is 0 Å². The Morgan fingerprint density at radius 1 is 1.29 bits per heavy atom. The smallest absolute Gasteiger partial charge is 0.305 e. The highest BCUT2D eigenvalue weighted by Crippen LogP contribution is 2.28. The van der Waals surface area contributed by atoms with Crippen LogP contribution in [0.5, 0.6) is 0 Å². The maximum atomic E-state index is 10.9. The number of halogens is 1. The van der Waals surface area contributed by atoms with Gasteiger partial charge in [0, 0.05) is 26.5 Å². The third kappa shape index (κ3) is 4.58. The van der Waals surface area contributed by atoms with Gasteiger partial charge >= 0.3 is 5.97 Å². The number of carboxylic acids is 1. The average Bonchev–Trinajstić information content (AvgIpc) is 2.74. The van der Waals surface area contributed by atoms with E-state index in [0.717, 1.165) is 16.7 Å². The topological polar surface area (TPSA) is 40.5 Å². The summed E-state index contributed by atoms with van der Waals surface area (Å²) in [5.74, 6) is -0.768. The van der Waals surface area contributed by atoms with Crippen LogP contribution in [-0.2, 0) is 11.3 Å². The Balaban J connectivity index is 2.18. The Hall–Kier alpha value is -1.33. The molecule has 0 aliphatic carbocycles. The van der Waals surface area contributed by atoms with Gasteiger partial charge in [-0.15, -0.1) is 11.3 Å². The van der Waals surface area contributed by atoms with Gasteiger partial charge in [-0.05, 0) is 48.0 Å². The van der Waals surface area contributed by atoms with Gasteiger partial charge in [0.25, 0.3) is 0 Å². The van der Waals surface area contributed by atoms with Crippen molar-refractivity contribution in [3.63, 3.8) is 0 Å². The summed E-state index contributed by atoms with van der Waals surface area (Å²) in [7, 11) is 0. The van der Waals surface area contributed by atoms with Crippen LogP contribution in [0.3, 0.4) is 0 Å². The Bertz CT molecular complexity index is 602. The first kappa shape index (κ1) is 16.0. The van der Waals surface area contributed by atoms with Crippen molar-refractivity contribution in [2.24, 2.45) is 0 Å². The third-order valence-corrected chi connectivity index (χ3v) is 5.37. The Morgan fingerprint density at radius 2 is 1.95 bits per heavy atom. The number of hydrogen-bond acceptors (Lipinski definition) is 3. The molecule has 0 aliphatic rings. The number of anilines is 1. The van der Waals surface area contributed by atoms with E-state index < -0.39 is 5.97 Å². The number of carbonyl (C=O) groups is 1. The molecule has 0 atom stereocenters. The van der Waals surface area contributed by atoms with Gasteiger partial charge in [0.2, 0.25) is 0 Å². The summed E-state index contributed by atoms with van der Waals surface area (Å²) in [5.41, 5.74) is 2.26. The predicted octanol–water partition coefficient (Wildman–Crippen LogP) is 4.61. The van der Waals surface area contributed by atoms with Crippen LogP contribution in [0.1, 0.15) is 21.7 Å². The molecule has 5 heteroatoms. The van der Waals surface area contributed by atoms with Crippen molar-refractivity contribution in [2.45, 2.75) is 26.8 Å². The van der Waals surface area contributed by atoms with Gasteiger partial charge < -0.3 is 10.0 Å². The van der Waals surface area contributed by atoms with Crippen LogP contribution in [0.25, 0.3) is 0 Å². The van der Waals surface area contributed by atoms with Crippen molar-refractivity contribution in [1.82, 2.24) is 0 Å². The highest BCUT2D eigenvalue weighted by Gasteiger charge is 2.12. The molecule has 1 N–H and O–H groups in total. The monoisotopic (exact) mass is 367 g/mol. The number of benzene rings is 1. The zero-order valence-electron chi connectivity index (χ0n) is 12.1. The molecule has 0 saturated carbocycles. The van der Waals surface area contributed by atoms with E-state index in [0.29, 0.717) is 6.54 Å². The molecule has 0 aliphatic heterocycles. The molecule has 1 heterocycles. The van der Waals surface area contributed by atoms with E-state index in [9.17, 15) is 4.79 Å². The van der Waals surface area contributed by atoms with E-state index in [-0.39, 0.29) is 6.42 Å². The number of thiophene rings is 1. The lowest BCUT2D eigenvalue weighted by molar-refractivity contribution is -0.136. The molecule has 0 spiro atoms. The van der Waals surface area contributed by atoms with Gasteiger partial charge in [0.1, 0.15) is 0 Å². The molecule has 0 radical (unpaired) electrons. The fourth-order valence-corrected chi connectivity index (χ4v) is 3.69. The molecule has 0 amide bonds. The standard InChI is InChI=1S/C16H18BrNO2S/c1-11-3-5-13(6-4-11)18(8-7-16(19)20)10-14-9-15(17)12(2)21-14/h3-6,9H,7-8,10H2,1-2H3,(H,19,20). The fourth-order valence-electron chi connectivity index (χ4n) is 2.07. The second-order valence-corrected chi connectivity index (χ2v) is 7.21. The van der Waals surface area contributed by atoms with E-state index in [2.05, 4.69) is 46.0 Å². The van der Waals surface area contributed by atoms with Gasteiger partial charge in [-0.3, -0.25) is 4.79 Å². The minimum Gasteiger partial charge on any atom is -0.481 e. The lowest BCUT2D eigenvalue weighted by atomic mass is 10.2. The molecule has 112 valence electrons. The average molecular weight is 368 g/mol. The molecule has 3 nitrogen and oxygen atoms in total. The second kappa shape index (κ2) is 7.09. The van der Waals surface area contributed by atoms with Gasteiger partial charge in [0.15, 0.2) is 0 Å². The number of carboxylic acid groups (broad SMARTS) is 1. The maximum absolute atomic E-state index is 10.9. The zero-order valence-corrected chi connectivity index (χ0v) is 14.5. The van der Waals surface area contributed by atoms with Gasteiger partial charge in [0.05, 0.1) is 13.0 Å². The summed E-state index contributed by atoms with van der Waals surface area (Å²) in [6.45, 7) is 5.36. The Morgan fingerprint density at radius 3 is 2.48 bits per heavy atom. The lowest BCUT2D eigenvalue weighted by Gasteiger charge is -2.23. The Labute approximate surface area is 137 Å². The molecule has 1 aromatic heterocycles. The fraction of sp³-hybridized carbons (Fsp3) is 0.312. The quantitative estimate of drug-likeness (QED) is 0.810. The van der Waals surface area contributed by atoms with Crippen molar-refractivity contribution in [2.75, 3.05) is 11.4 Å². The van der Waals surface area contributed by atoms with Crippen molar-refractivity contribution in [1.29, 1.82) is 0 Å². The first-order valence-corrected chi connectivity index (χ1v) is 8.35. The number of aryl methyl sites for hydroxylation is 2. The SMILES string of the molecule is Cc1ccc(N(CCC(=O)O)Cc2cc(Br)c(C)s2)cc1. The molecule has 2 rings (SSSR count). The van der Waals surface area contributed by atoms with Crippen molar-refractivity contribution < 1.29 is 9.90 Å². The third-order valence-electron chi connectivity index (χ3n) is 3.25. The summed E-state index contributed by atoms with van der Waals surface area (Å²) >= 11 is 5.27. The second-order valence-electron chi connectivity index (χ2n) is 5.02. The molecular formula is C16H18BrNO2S. The van der Waals surface area contributed by atoms with Crippen LogP contribution < -0.4 is 4.90 Å². The number of hydrogen-bond donors (Lipinski definition) is 1. The molecule has 1 aromatic carbocycles. The van der Waals surface area contributed by atoms with Gasteiger partial charge in [-0.2, -0.15) is 0 Å². The molecular weight excluding hydrogens is 350 g/mol. The first-order chi connectivity index (χ1) is 9.95. The predicted molar refractivity (Wildman–Crippen MR) is 91.2 cm³/mol. The van der Waals surface area contributed by atoms with Crippen molar-refractivity contribution >= 4 is 38.9 Å². The van der Waals surface area contributed by atoms with E-state index >= 15 is 0 Å². The first-order valence-electron chi connectivity index (χ1n) is 6.74. The highest BCUT2D eigenvalue weighted by molar-refractivity contribution is 9.10. The Kier molecular flexibility index (Phi) is 5.42. The van der Waals surface area contributed by atoms with E-state index in [1.165, 1.54) is 15.3 Å². The minimum absolute atomic E-state index is 0.138. The van der Waals surface area contributed by atoms with Crippen LogP contribution in [-0.4, -0.2) is 17.6 Å². The summed E-state index contributed by atoms with van der Waals surface area (Å²) in [6, 6.07) is 10.3. The van der Waals surface area contributed by atoms with Gasteiger partial charge in [-0.1, -0.05) is 17.7 Å². The van der Waals surface area contributed by atoms with Gasteiger partial charge in [-0.25, -0.2) is 0 Å². The number of rotatable bonds is 6. The molecule has 2 aromatic rings. The van der Waals surface area contributed by atoms with Crippen molar-refractivity contribution in [3.05, 3.63) is 50.1 Å². The van der Waals surface area contributed by atoms with Crippen LogP contribution in [0, 0.1) is 13.8 Å². The van der Waals surface area contributed by atoms with Crippen LogP contribution >= 0.6 is 27.3 Å². The summed E-state index contributed by atoms with van der Waals surface area (Å²) in [5, 5.41) is 8.94. The molecule has 0 saturated heterocycles. The van der Waals surface area contributed by atoms with E-state index in [1.807, 2.05) is 19.1 Å². The van der Waals surface area contributed by atoms with Crippen LogP contribution in [0.4, 0.5) is 5.69 Å². The molecule has 0 fully saturated rings. The summed E-state index contributed by atoms with van der Waals surface area (Å²) < 4.78 is 1.12. The zero-order chi connectivity index (χ0) is 15.4. The minimum atomic E-state index is -0.768. The number of aliphatic carboxylic acids is 1. The van der Waals surface area contributed by atoms with Crippen LogP contribution in [0.15, 0.2) is 34.8 Å². The van der Waals surface area contributed by atoms with E-state index in [4.69, 9.17) is 5.11 Å². The lowest BCUT2D eigenvalue weighted by Crippen LogP contribution is -2.25. The summed E-state index contributed by atoms with van der Waals surface area (Å²) in [6.07, 6.45) is 0.138. The largest absolute Gasteiger partial charge is 0.481 e. The molecule has 0 unspecified atom stereocenters. The maximum Gasteiger partial charge on any atom is 0.305 e. The van der Waals surface area contributed by atoms with Crippen LogP contribution in [0.2, 0.25) is 0 Å². The summed E-state index contributed by atoms with van der Waals surface area (Å²) in [4.78, 5) is 15.5. The highest BCUT2D eigenvalue weighted by atomic mass is 79.9. The molecule has 0 bridgehead atoms.